The zero-order valence-corrected chi connectivity index (χ0v) is 15.2. The second-order valence-electron chi connectivity index (χ2n) is 7.80. The van der Waals surface area contributed by atoms with Crippen molar-refractivity contribution < 1.29 is 9.53 Å². The van der Waals surface area contributed by atoms with Crippen LogP contribution >= 0.6 is 0 Å². The molecule has 4 heteroatoms. The molecular formula is C20H30N2O2. The smallest absolute Gasteiger partial charge is 0.409 e. The number of ether oxygens (including phenoxy) is 1. The minimum atomic E-state index is -0.153. The summed E-state index contributed by atoms with van der Waals surface area (Å²) in [7, 11) is 0. The number of hydrogen-bond acceptors (Lipinski definition) is 3. The van der Waals surface area contributed by atoms with Crippen molar-refractivity contribution in [1.82, 2.24) is 9.80 Å². The van der Waals surface area contributed by atoms with Gasteiger partial charge in [0.2, 0.25) is 0 Å². The van der Waals surface area contributed by atoms with E-state index in [9.17, 15) is 4.79 Å². The van der Waals surface area contributed by atoms with Gasteiger partial charge >= 0.3 is 6.09 Å². The van der Waals surface area contributed by atoms with Crippen molar-refractivity contribution in [2.24, 2.45) is 5.41 Å². The molecule has 4 nitrogen and oxygen atoms in total. The number of carbonyl (C=O) groups is 1. The summed E-state index contributed by atoms with van der Waals surface area (Å²) in [5.41, 5.74) is 1.74. The number of piperidine rings is 1. The lowest BCUT2D eigenvalue weighted by Crippen LogP contribution is -2.46. The summed E-state index contributed by atoms with van der Waals surface area (Å²) in [5.74, 6) is 0.585. The first kappa shape index (κ1) is 17.3. The van der Waals surface area contributed by atoms with Gasteiger partial charge < -0.3 is 9.64 Å². The van der Waals surface area contributed by atoms with Crippen LogP contribution in [0.3, 0.4) is 0 Å². The largest absolute Gasteiger partial charge is 0.450 e. The molecule has 132 valence electrons. The molecule has 0 saturated carbocycles. The molecule has 0 aromatic heterocycles. The minimum absolute atomic E-state index is 0.153. The third-order valence-corrected chi connectivity index (χ3v) is 5.68. The Kier molecular flexibility index (Phi) is 5.14. The summed E-state index contributed by atoms with van der Waals surface area (Å²) in [6.45, 7) is 11.0. The van der Waals surface area contributed by atoms with Crippen LogP contribution in [-0.2, 0) is 4.74 Å². The average Bonchev–Trinajstić information content (AvgIpc) is 2.91. The van der Waals surface area contributed by atoms with Crippen LogP contribution in [-0.4, -0.2) is 54.7 Å². The fourth-order valence-electron chi connectivity index (χ4n) is 4.33. The lowest BCUT2D eigenvalue weighted by Gasteiger charge is -2.36. The van der Waals surface area contributed by atoms with Gasteiger partial charge in [-0.2, -0.15) is 0 Å². The average molecular weight is 330 g/mol. The fourth-order valence-corrected chi connectivity index (χ4v) is 4.33. The van der Waals surface area contributed by atoms with Crippen molar-refractivity contribution in [3.63, 3.8) is 0 Å². The monoisotopic (exact) mass is 330 g/mol. The predicted molar refractivity (Wildman–Crippen MR) is 96.2 cm³/mol. The van der Waals surface area contributed by atoms with Gasteiger partial charge in [-0.1, -0.05) is 44.2 Å². The molecule has 0 bridgehead atoms. The van der Waals surface area contributed by atoms with Gasteiger partial charge in [0.1, 0.15) is 0 Å². The molecule has 0 radical (unpaired) electrons. The maximum Gasteiger partial charge on any atom is 0.409 e. The van der Waals surface area contributed by atoms with Crippen molar-refractivity contribution >= 4 is 6.09 Å². The van der Waals surface area contributed by atoms with Crippen LogP contribution in [0.2, 0.25) is 0 Å². The van der Waals surface area contributed by atoms with Crippen molar-refractivity contribution in [2.45, 2.75) is 45.6 Å². The Bertz CT molecular complexity index is 550. The molecule has 1 aromatic carbocycles. The number of nitrogens with zero attached hydrogens (tertiary/aromatic N) is 2. The van der Waals surface area contributed by atoms with Gasteiger partial charge in [0.25, 0.3) is 0 Å². The van der Waals surface area contributed by atoms with Gasteiger partial charge in [-0.3, -0.25) is 4.90 Å². The first-order chi connectivity index (χ1) is 11.5. The Balaban J connectivity index is 1.60. The highest BCUT2D eigenvalue weighted by Crippen LogP contribution is 2.43. The highest BCUT2D eigenvalue weighted by Gasteiger charge is 2.43. The van der Waals surface area contributed by atoms with E-state index in [2.05, 4.69) is 49.1 Å². The molecule has 0 aliphatic carbocycles. The van der Waals surface area contributed by atoms with Gasteiger partial charge in [-0.15, -0.1) is 0 Å². The lowest BCUT2D eigenvalue weighted by atomic mass is 9.78. The Morgan fingerprint density at radius 2 is 1.88 bits per heavy atom. The van der Waals surface area contributed by atoms with Crippen LogP contribution in [0, 0.1) is 5.41 Å². The highest BCUT2D eigenvalue weighted by molar-refractivity contribution is 5.67. The van der Waals surface area contributed by atoms with Crippen LogP contribution in [0.5, 0.6) is 0 Å². The zero-order chi connectivity index (χ0) is 17.2. The number of amides is 1. The lowest BCUT2D eigenvalue weighted by molar-refractivity contribution is 0.0783. The maximum absolute atomic E-state index is 11.9. The number of hydrogen-bond donors (Lipinski definition) is 0. The third kappa shape index (κ3) is 3.59. The molecule has 0 N–H and O–H groups in total. The van der Waals surface area contributed by atoms with Crippen LogP contribution in [0.1, 0.15) is 45.1 Å². The summed E-state index contributed by atoms with van der Waals surface area (Å²) in [6.07, 6.45) is 1.95. The van der Waals surface area contributed by atoms with Gasteiger partial charge in [0, 0.05) is 38.1 Å². The van der Waals surface area contributed by atoms with E-state index in [4.69, 9.17) is 4.74 Å². The SMILES string of the molecule is CCOC(=O)N1CCC(N2CC(c3ccccc3)C(C)(C)C2)CC1. The number of carbonyl (C=O) groups excluding carboxylic acids is 1. The molecule has 24 heavy (non-hydrogen) atoms. The molecule has 1 aromatic rings. The molecule has 3 rings (SSSR count). The van der Waals surface area contributed by atoms with Crippen molar-refractivity contribution in [3.8, 4) is 0 Å². The quantitative estimate of drug-likeness (QED) is 0.846. The molecule has 2 aliphatic rings. The van der Waals surface area contributed by atoms with E-state index >= 15 is 0 Å². The van der Waals surface area contributed by atoms with Crippen LogP contribution in [0.25, 0.3) is 0 Å². The van der Waals surface area contributed by atoms with E-state index < -0.39 is 0 Å². The summed E-state index contributed by atoms with van der Waals surface area (Å²) in [6, 6.07) is 11.5. The molecule has 1 unspecified atom stereocenters. The molecule has 1 atom stereocenters. The molecule has 1 amide bonds. The summed E-state index contributed by atoms with van der Waals surface area (Å²) in [5, 5.41) is 0. The van der Waals surface area contributed by atoms with E-state index in [1.807, 2.05) is 11.8 Å². The first-order valence-electron chi connectivity index (χ1n) is 9.22. The molecular weight excluding hydrogens is 300 g/mol. The van der Waals surface area contributed by atoms with E-state index in [-0.39, 0.29) is 6.09 Å². The third-order valence-electron chi connectivity index (χ3n) is 5.68. The summed E-state index contributed by atoms with van der Waals surface area (Å²) in [4.78, 5) is 16.4. The minimum Gasteiger partial charge on any atom is -0.450 e. The summed E-state index contributed by atoms with van der Waals surface area (Å²) < 4.78 is 5.12. The van der Waals surface area contributed by atoms with Crippen molar-refractivity contribution in [1.29, 1.82) is 0 Å². The van der Waals surface area contributed by atoms with Crippen molar-refractivity contribution in [3.05, 3.63) is 35.9 Å². The molecule has 2 heterocycles. The fraction of sp³-hybridized carbons (Fsp3) is 0.650. The molecule has 0 spiro atoms. The van der Waals surface area contributed by atoms with Crippen LogP contribution < -0.4 is 0 Å². The highest BCUT2D eigenvalue weighted by atomic mass is 16.6. The molecule has 2 saturated heterocycles. The zero-order valence-electron chi connectivity index (χ0n) is 15.2. The van der Waals surface area contributed by atoms with E-state index in [0.29, 0.717) is 24.0 Å². The number of likely N-dealkylation sites (tertiary alicyclic amines) is 2. The van der Waals surface area contributed by atoms with Crippen molar-refractivity contribution in [2.75, 3.05) is 32.8 Å². The Hall–Kier alpha value is -1.55. The van der Waals surface area contributed by atoms with Gasteiger partial charge in [0.15, 0.2) is 0 Å². The van der Waals surface area contributed by atoms with Crippen LogP contribution in [0.15, 0.2) is 30.3 Å². The van der Waals surface area contributed by atoms with E-state index in [1.165, 1.54) is 5.56 Å². The maximum atomic E-state index is 11.9. The second kappa shape index (κ2) is 7.14. The van der Waals surface area contributed by atoms with Gasteiger partial charge in [-0.25, -0.2) is 4.79 Å². The topological polar surface area (TPSA) is 32.8 Å². The normalized spacial score (nSPS) is 25.0. The van der Waals surface area contributed by atoms with E-state index in [0.717, 1.165) is 39.0 Å². The Labute approximate surface area is 145 Å². The summed E-state index contributed by atoms with van der Waals surface area (Å²) >= 11 is 0. The van der Waals surface area contributed by atoms with E-state index in [1.54, 1.807) is 0 Å². The molecule has 2 aliphatic heterocycles. The number of benzene rings is 1. The number of rotatable bonds is 3. The Morgan fingerprint density at radius 1 is 1.21 bits per heavy atom. The standard InChI is InChI=1S/C20H30N2O2/c1-4-24-19(23)21-12-10-17(11-13-21)22-14-18(20(2,3)15-22)16-8-6-5-7-9-16/h5-9,17-18H,4,10-15H2,1-3H3. The first-order valence-corrected chi connectivity index (χ1v) is 9.22. The second-order valence-corrected chi connectivity index (χ2v) is 7.80. The Morgan fingerprint density at radius 3 is 2.50 bits per heavy atom. The molecule has 2 fully saturated rings. The van der Waals surface area contributed by atoms with Crippen LogP contribution in [0.4, 0.5) is 4.79 Å². The van der Waals surface area contributed by atoms with Gasteiger partial charge in [-0.05, 0) is 30.7 Å². The predicted octanol–water partition coefficient (Wildman–Crippen LogP) is 3.73. The van der Waals surface area contributed by atoms with Gasteiger partial charge in [0.05, 0.1) is 6.61 Å².